The number of nitrogens with zero attached hydrogens (tertiary/aromatic N) is 4. The first-order valence-electron chi connectivity index (χ1n) is 7.07. The van der Waals surface area contributed by atoms with Gasteiger partial charge < -0.3 is 20.3 Å². The maximum atomic E-state index is 5.02. The van der Waals surface area contributed by atoms with Crippen molar-refractivity contribution in [3.05, 3.63) is 0 Å². The van der Waals surface area contributed by atoms with Crippen LogP contribution in [0.2, 0.25) is 0 Å². The van der Waals surface area contributed by atoms with Gasteiger partial charge in [0.05, 0.1) is 0 Å². The zero-order valence-electron chi connectivity index (χ0n) is 12.9. The standard InChI is InChI=1S/C13H26N6O/c1-5-14-11-16-12(18-13(17-11)19(2)3)15-9-7-6-8-10-20-4/h5-10H2,1-4H3,(H2,14,15,16,17,18). The molecule has 7 heteroatoms. The number of unbranched alkanes of at least 4 members (excludes halogenated alkanes) is 2. The highest BCUT2D eigenvalue weighted by atomic mass is 16.5. The molecule has 0 saturated heterocycles. The molecule has 0 radical (unpaired) electrons. The molecule has 1 aromatic heterocycles. The van der Waals surface area contributed by atoms with Gasteiger partial charge in [0.1, 0.15) is 0 Å². The predicted molar refractivity (Wildman–Crippen MR) is 82.5 cm³/mol. The SMILES string of the molecule is CCNc1nc(NCCCCCOC)nc(N(C)C)n1. The van der Waals surface area contributed by atoms with E-state index in [0.29, 0.717) is 17.8 Å². The summed E-state index contributed by atoms with van der Waals surface area (Å²) in [4.78, 5) is 14.9. The molecule has 0 spiro atoms. The molecular formula is C13H26N6O. The third-order valence-corrected chi connectivity index (χ3v) is 2.67. The Morgan fingerprint density at radius 1 is 1.00 bits per heavy atom. The predicted octanol–water partition coefficient (Wildman–Crippen LogP) is 1.60. The average molecular weight is 282 g/mol. The maximum absolute atomic E-state index is 5.02. The van der Waals surface area contributed by atoms with E-state index in [1.807, 2.05) is 25.9 Å². The van der Waals surface area contributed by atoms with Gasteiger partial charge >= 0.3 is 0 Å². The van der Waals surface area contributed by atoms with Gasteiger partial charge in [-0.3, -0.25) is 0 Å². The molecule has 0 bridgehead atoms. The van der Waals surface area contributed by atoms with Crippen LogP contribution in [0.1, 0.15) is 26.2 Å². The lowest BCUT2D eigenvalue weighted by Crippen LogP contribution is -2.17. The summed E-state index contributed by atoms with van der Waals surface area (Å²) in [6, 6.07) is 0. The van der Waals surface area contributed by atoms with Crippen LogP contribution in [0.3, 0.4) is 0 Å². The van der Waals surface area contributed by atoms with E-state index < -0.39 is 0 Å². The van der Waals surface area contributed by atoms with Crippen LogP contribution < -0.4 is 15.5 Å². The van der Waals surface area contributed by atoms with Crippen molar-refractivity contribution in [3.8, 4) is 0 Å². The summed E-state index contributed by atoms with van der Waals surface area (Å²) in [5, 5.41) is 6.36. The molecule has 0 aliphatic carbocycles. The zero-order chi connectivity index (χ0) is 14.8. The third kappa shape index (κ3) is 6.01. The summed E-state index contributed by atoms with van der Waals surface area (Å²) >= 11 is 0. The quantitative estimate of drug-likeness (QED) is 0.631. The van der Waals surface area contributed by atoms with Gasteiger partial charge in [-0.1, -0.05) is 0 Å². The Kier molecular flexibility index (Phi) is 7.64. The van der Waals surface area contributed by atoms with Crippen molar-refractivity contribution in [2.24, 2.45) is 0 Å². The van der Waals surface area contributed by atoms with Crippen LogP contribution in [0.25, 0.3) is 0 Å². The number of anilines is 3. The van der Waals surface area contributed by atoms with Crippen molar-refractivity contribution in [1.82, 2.24) is 15.0 Å². The number of ether oxygens (including phenoxy) is 1. The summed E-state index contributed by atoms with van der Waals surface area (Å²) in [5.41, 5.74) is 0. The average Bonchev–Trinajstić information content (AvgIpc) is 2.43. The highest BCUT2D eigenvalue weighted by Crippen LogP contribution is 2.11. The Bertz CT molecular complexity index is 385. The molecular weight excluding hydrogens is 256 g/mol. The molecule has 7 nitrogen and oxygen atoms in total. The highest BCUT2D eigenvalue weighted by Gasteiger charge is 2.07. The third-order valence-electron chi connectivity index (χ3n) is 2.67. The Balaban J connectivity index is 2.50. The molecule has 0 aliphatic heterocycles. The van der Waals surface area contributed by atoms with Crippen LogP contribution in [-0.2, 0) is 4.74 Å². The Morgan fingerprint density at radius 2 is 1.70 bits per heavy atom. The fraction of sp³-hybridized carbons (Fsp3) is 0.769. The summed E-state index contributed by atoms with van der Waals surface area (Å²) in [6.45, 7) is 4.47. The zero-order valence-corrected chi connectivity index (χ0v) is 12.9. The van der Waals surface area contributed by atoms with Gasteiger partial charge in [-0.25, -0.2) is 0 Å². The van der Waals surface area contributed by atoms with Gasteiger partial charge in [0.25, 0.3) is 0 Å². The number of hydrogen-bond donors (Lipinski definition) is 2. The van der Waals surface area contributed by atoms with Gasteiger partial charge in [-0.15, -0.1) is 0 Å². The van der Waals surface area contributed by atoms with Crippen LogP contribution in [-0.4, -0.2) is 55.9 Å². The molecule has 0 unspecified atom stereocenters. The first kappa shape index (κ1) is 16.4. The molecule has 0 atom stereocenters. The lowest BCUT2D eigenvalue weighted by Gasteiger charge is -2.13. The highest BCUT2D eigenvalue weighted by molar-refractivity contribution is 5.42. The fourth-order valence-electron chi connectivity index (χ4n) is 1.63. The first-order chi connectivity index (χ1) is 9.67. The second-order valence-electron chi connectivity index (χ2n) is 4.69. The van der Waals surface area contributed by atoms with Crippen molar-refractivity contribution >= 4 is 17.8 Å². The van der Waals surface area contributed by atoms with Crippen molar-refractivity contribution < 1.29 is 4.74 Å². The van der Waals surface area contributed by atoms with Crippen LogP contribution in [0, 0.1) is 0 Å². The Morgan fingerprint density at radius 3 is 2.30 bits per heavy atom. The topological polar surface area (TPSA) is 75.2 Å². The van der Waals surface area contributed by atoms with Crippen molar-refractivity contribution in [2.45, 2.75) is 26.2 Å². The van der Waals surface area contributed by atoms with E-state index in [0.717, 1.165) is 39.0 Å². The summed E-state index contributed by atoms with van der Waals surface area (Å²) in [7, 11) is 5.56. The Hall–Kier alpha value is -1.63. The largest absolute Gasteiger partial charge is 0.385 e. The number of aromatic nitrogens is 3. The number of nitrogens with one attached hydrogen (secondary N) is 2. The minimum atomic E-state index is 0.605. The summed E-state index contributed by atoms with van der Waals surface area (Å²) in [5.74, 6) is 1.87. The number of methoxy groups -OCH3 is 1. The minimum absolute atomic E-state index is 0.605. The van der Waals surface area contributed by atoms with Crippen LogP contribution in [0.5, 0.6) is 0 Å². The molecule has 20 heavy (non-hydrogen) atoms. The van der Waals surface area contributed by atoms with E-state index in [4.69, 9.17) is 4.74 Å². The molecule has 0 saturated carbocycles. The molecule has 1 aromatic rings. The molecule has 0 amide bonds. The van der Waals surface area contributed by atoms with Gasteiger partial charge in [-0.2, -0.15) is 15.0 Å². The van der Waals surface area contributed by atoms with Crippen LogP contribution in [0.15, 0.2) is 0 Å². The minimum Gasteiger partial charge on any atom is -0.385 e. The monoisotopic (exact) mass is 282 g/mol. The van der Waals surface area contributed by atoms with E-state index in [1.165, 1.54) is 0 Å². The second-order valence-corrected chi connectivity index (χ2v) is 4.69. The number of hydrogen-bond acceptors (Lipinski definition) is 7. The smallest absolute Gasteiger partial charge is 0.231 e. The van der Waals surface area contributed by atoms with Gasteiger partial charge in [0.2, 0.25) is 17.8 Å². The van der Waals surface area contributed by atoms with Crippen molar-refractivity contribution in [2.75, 3.05) is 56.4 Å². The van der Waals surface area contributed by atoms with Gasteiger partial charge in [0, 0.05) is 40.9 Å². The first-order valence-corrected chi connectivity index (χ1v) is 7.07. The second kappa shape index (κ2) is 9.30. The Labute approximate surface area is 121 Å². The molecule has 0 fully saturated rings. The van der Waals surface area contributed by atoms with Gasteiger partial charge in [0.15, 0.2) is 0 Å². The molecule has 1 heterocycles. The van der Waals surface area contributed by atoms with Gasteiger partial charge in [-0.05, 0) is 26.2 Å². The lowest BCUT2D eigenvalue weighted by atomic mass is 10.2. The van der Waals surface area contributed by atoms with E-state index in [-0.39, 0.29) is 0 Å². The fourth-order valence-corrected chi connectivity index (χ4v) is 1.63. The molecule has 1 rings (SSSR count). The molecule has 0 aromatic carbocycles. The molecule has 2 N–H and O–H groups in total. The van der Waals surface area contributed by atoms with Crippen LogP contribution >= 0.6 is 0 Å². The van der Waals surface area contributed by atoms with Crippen molar-refractivity contribution in [1.29, 1.82) is 0 Å². The number of rotatable bonds is 10. The van der Waals surface area contributed by atoms with E-state index in [2.05, 4.69) is 25.6 Å². The van der Waals surface area contributed by atoms with E-state index >= 15 is 0 Å². The molecule has 0 aliphatic rings. The lowest BCUT2D eigenvalue weighted by molar-refractivity contribution is 0.192. The molecule has 114 valence electrons. The normalized spacial score (nSPS) is 10.4. The van der Waals surface area contributed by atoms with Crippen molar-refractivity contribution in [3.63, 3.8) is 0 Å². The maximum Gasteiger partial charge on any atom is 0.231 e. The van der Waals surface area contributed by atoms with E-state index in [9.17, 15) is 0 Å². The summed E-state index contributed by atoms with van der Waals surface area (Å²) < 4.78 is 5.02. The summed E-state index contributed by atoms with van der Waals surface area (Å²) in [6.07, 6.45) is 3.29. The van der Waals surface area contributed by atoms with Crippen LogP contribution in [0.4, 0.5) is 17.8 Å². The van der Waals surface area contributed by atoms with E-state index in [1.54, 1.807) is 7.11 Å².